The Labute approximate surface area is 109 Å². The second kappa shape index (κ2) is 6.58. The van der Waals surface area contributed by atoms with Crippen LogP contribution in [0.2, 0.25) is 0 Å². The van der Waals surface area contributed by atoms with Gasteiger partial charge in [0.1, 0.15) is 0 Å². The predicted molar refractivity (Wildman–Crippen MR) is 70.0 cm³/mol. The molecule has 6 heteroatoms. The fraction of sp³-hybridized carbons (Fsp3) is 0.500. The Balaban J connectivity index is 0.000000771. The molecule has 0 aromatic carbocycles. The fourth-order valence-corrected chi connectivity index (χ4v) is 2.16. The van der Waals surface area contributed by atoms with E-state index in [1.54, 1.807) is 6.20 Å². The third-order valence-corrected chi connectivity index (χ3v) is 3.45. The van der Waals surface area contributed by atoms with E-state index in [-0.39, 0.29) is 0 Å². The standard InChI is InChI=1S/C10H11F2N3S.C2H6/c1-6(2)9-13-4-8(16-9)7-3-14-15(5-7)10(11)12;1-2/h3-6,10H,1-2H3;1-2H3. The Morgan fingerprint density at radius 3 is 2.33 bits per heavy atom. The molecule has 2 rings (SSSR count). The molecule has 0 atom stereocenters. The van der Waals surface area contributed by atoms with Gasteiger partial charge in [-0.25, -0.2) is 9.67 Å². The zero-order valence-corrected chi connectivity index (χ0v) is 11.7. The Morgan fingerprint density at radius 1 is 1.22 bits per heavy atom. The monoisotopic (exact) mass is 273 g/mol. The maximum Gasteiger partial charge on any atom is 0.333 e. The first-order valence-corrected chi connectivity index (χ1v) is 6.68. The Bertz CT molecular complexity index is 433. The molecular weight excluding hydrogens is 256 g/mol. The lowest BCUT2D eigenvalue weighted by Gasteiger charge is -1.96. The summed E-state index contributed by atoms with van der Waals surface area (Å²) in [7, 11) is 0. The van der Waals surface area contributed by atoms with Gasteiger partial charge < -0.3 is 0 Å². The highest BCUT2D eigenvalue weighted by atomic mass is 32.1. The molecule has 0 aliphatic carbocycles. The van der Waals surface area contributed by atoms with Gasteiger partial charge in [-0.15, -0.1) is 11.3 Å². The molecule has 0 saturated heterocycles. The van der Waals surface area contributed by atoms with E-state index in [9.17, 15) is 8.78 Å². The van der Waals surface area contributed by atoms with Crippen molar-refractivity contribution >= 4 is 11.3 Å². The smallest absolute Gasteiger partial charge is 0.249 e. The minimum absolute atomic E-state index is 0.351. The fourth-order valence-electron chi connectivity index (χ4n) is 1.26. The van der Waals surface area contributed by atoms with Crippen molar-refractivity contribution in [2.75, 3.05) is 0 Å². The quantitative estimate of drug-likeness (QED) is 0.821. The third kappa shape index (κ3) is 3.35. The first-order chi connectivity index (χ1) is 8.58. The second-order valence-electron chi connectivity index (χ2n) is 3.70. The topological polar surface area (TPSA) is 30.7 Å². The molecule has 0 spiro atoms. The number of rotatable bonds is 3. The van der Waals surface area contributed by atoms with Crippen LogP contribution in [-0.2, 0) is 0 Å². The van der Waals surface area contributed by atoms with E-state index in [1.807, 2.05) is 27.7 Å². The van der Waals surface area contributed by atoms with Gasteiger partial charge in [0.2, 0.25) is 0 Å². The van der Waals surface area contributed by atoms with Crippen LogP contribution in [0.3, 0.4) is 0 Å². The van der Waals surface area contributed by atoms with Crippen LogP contribution in [0.5, 0.6) is 0 Å². The van der Waals surface area contributed by atoms with Crippen molar-refractivity contribution in [3.63, 3.8) is 0 Å². The van der Waals surface area contributed by atoms with Gasteiger partial charge in [-0.1, -0.05) is 27.7 Å². The molecule has 0 saturated carbocycles. The number of alkyl halides is 2. The highest BCUT2D eigenvalue weighted by molar-refractivity contribution is 7.15. The summed E-state index contributed by atoms with van der Waals surface area (Å²) in [5, 5.41) is 4.59. The number of nitrogens with zero attached hydrogens (tertiary/aromatic N) is 3. The Morgan fingerprint density at radius 2 is 1.89 bits per heavy atom. The average Bonchev–Trinajstić information content (AvgIpc) is 3.00. The zero-order chi connectivity index (χ0) is 13.7. The van der Waals surface area contributed by atoms with Gasteiger partial charge in [-0.05, 0) is 0 Å². The maximum atomic E-state index is 12.3. The van der Waals surface area contributed by atoms with Gasteiger partial charge >= 0.3 is 6.55 Å². The van der Waals surface area contributed by atoms with Crippen LogP contribution in [0, 0.1) is 0 Å². The van der Waals surface area contributed by atoms with Crippen LogP contribution in [0.25, 0.3) is 10.4 Å². The summed E-state index contributed by atoms with van der Waals surface area (Å²) in [5.74, 6) is 0.351. The van der Waals surface area contributed by atoms with Crippen LogP contribution in [0.1, 0.15) is 45.2 Å². The first-order valence-electron chi connectivity index (χ1n) is 5.86. The summed E-state index contributed by atoms with van der Waals surface area (Å²) in [6.45, 7) is 5.50. The first kappa shape index (κ1) is 14.8. The summed E-state index contributed by atoms with van der Waals surface area (Å²) < 4.78 is 25.3. The van der Waals surface area contributed by atoms with Crippen LogP contribution < -0.4 is 0 Å². The molecule has 0 N–H and O–H groups in total. The van der Waals surface area contributed by atoms with Gasteiger partial charge in [-0.2, -0.15) is 13.9 Å². The lowest BCUT2D eigenvalue weighted by molar-refractivity contribution is 0.0566. The molecule has 2 heterocycles. The molecule has 0 radical (unpaired) electrons. The lowest BCUT2D eigenvalue weighted by Crippen LogP contribution is -1.96. The Hall–Kier alpha value is -1.30. The van der Waals surface area contributed by atoms with E-state index in [0.29, 0.717) is 16.2 Å². The van der Waals surface area contributed by atoms with Crippen molar-refractivity contribution in [2.45, 2.75) is 40.2 Å². The van der Waals surface area contributed by atoms with E-state index in [2.05, 4.69) is 10.1 Å². The van der Waals surface area contributed by atoms with Crippen LogP contribution in [-0.4, -0.2) is 14.8 Å². The van der Waals surface area contributed by atoms with Crippen molar-refractivity contribution in [3.05, 3.63) is 23.6 Å². The van der Waals surface area contributed by atoms with E-state index in [0.717, 1.165) is 9.88 Å². The molecule has 2 aromatic heterocycles. The van der Waals surface area contributed by atoms with Crippen molar-refractivity contribution < 1.29 is 8.78 Å². The number of aromatic nitrogens is 3. The summed E-state index contributed by atoms with van der Waals surface area (Å²) in [6.07, 6.45) is 4.47. The van der Waals surface area contributed by atoms with Crippen molar-refractivity contribution in [2.24, 2.45) is 0 Å². The molecule has 0 aliphatic heterocycles. The highest BCUT2D eigenvalue weighted by Crippen LogP contribution is 2.29. The molecular formula is C12H17F2N3S. The van der Waals surface area contributed by atoms with Gasteiger partial charge in [0.25, 0.3) is 0 Å². The van der Waals surface area contributed by atoms with E-state index in [1.165, 1.54) is 23.7 Å². The molecule has 0 bridgehead atoms. The van der Waals surface area contributed by atoms with E-state index < -0.39 is 6.55 Å². The summed E-state index contributed by atoms with van der Waals surface area (Å²) in [4.78, 5) is 5.11. The predicted octanol–water partition coefficient (Wildman–Crippen LogP) is 4.55. The number of thiazole rings is 1. The maximum absolute atomic E-state index is 12.3. The normalized spacial score (nSPS) is 10.7. The Kier molecular flexibility index (Phi) is 5.40. The molecule has 100 valence electrons. The molecule has 0 amide bonds. The van der Waals surface area contributed by atoms with Gasteiger partial charge in [0.05, 0.1) is 16.1 Å². The molecule has 0 unspecified atom stereocenters. The van der Waals surface area contributed by atoms with Crippen LogP contribution in [0.4, 0.5) is 8.78 Å². The lowest BCUT2D eigenvalue weighted by atomic mass is 10.2. The minimum atomic E-state index is -2.59. The average molecular weight is 273 g/mol. The summed E-state index contributed by atoms with van der Waals surface area (Å²) >= 11 is 1.51. The molecule has 18 heavy (non-hydrogen) atoms. The van der Waals surface area contributed by atoms with Crippen molar-refractivity contribution in [1.82, 2.24) is 14.8 Å². The number of hydrogen-bond donors (Lipinski definition) is 0. The molecule has 0 fully saturated rings. The summed E-state index contributed by atoms with van der Waals surface area (Å²) in [5.41, 5.74) is 0.685. The third-order valence-electron chi connectivity index (χ3n) is 2.10. The number of hydrogen-bond acceptors (Lipinski definition) is 3. The van der Waals surface area contributed by atoms with Crippen LogP contribution >= 0.6 is 11.3 Å². The van der Waals surface area contributed by atoms with Crippen LogP contribution in [0.15, 0.2) is 18.6 Å². The van der Waals surface area contributed by atoms with E-state index >= 15 is 0 Å². The second-order valence-corrected chi connectivity index (χ2v) is 4.77. The zero-order valence-electron chi connectivity index (χ0n) is 10.9. The van der Waals surface area contributed by atoms with Gasteiger partial charge in [-0.3, -0.25) is 0 Å². The minimum Gasteiger partial charge on any atom is -0.249 e. The summed E-state index contributed by atoms with van der Waals surface area (Å²) in [6, 6.07) is 0. The van der Waals surface area contributed by atoms with Gasteiger partial charge in [0.15, 0.2) is 0 Å². The molecule has 2 aromatic rings. The largest absolute Gasteiger partial charge is 0.333 e. The van der Waals surface area contributed by atoms with Crippen molar-refractivity contribution in [3.8, 4) is 10.4 Å². The van der Waals surface area contributed by atoms with Gasteiger partial charge in [0, 0.05) is 23.9 Å². The highest BCUT2D eigenvalue weighted by Gasteiger charge is 2.12. The molecule has 3 nitrogen and oxygen atoms in total. The molecule has 0 aliphatic rings. The van der Waals surface area contributed by atoms with E-state index in [4.69, 9.17) is 0 Å². The SMILES string of the molecule is CC.CC(C)c1ncc(-c2cnn(C(F)F)c2)s1. The van der Waals surface area contributed by atoms with Crippen molar-refractivity contribution in [1.29, 1.82) is 0 Å². The number of halogens is 2.